The maximum Gasteiger partial charge on any atom is 0.226 e. The van der Waals surface area contributed by atoms with Crippen molar-refractivity contribution in [2.24, 2.45) is 41.4 Å². The van der Waals surface area contributed by atoms with Crippen molar-refractivity contribution in [2.45, 2.75) is 83.0 Å². The van der Waals surface area contributed by atoms with Crippen LogP contribution in [0, 0.1) is 41.4 Å². The second-order valence-corrected chi connectivity index (χ2v) is 12.9. The van der Waals surface area contributed by atoms with Crippen molar-refractivity contribution in [3.05, 3.63) is 0 Å². The maximum atomic E-state index is 13.8. The van der Waals surface area contributed by atoms with Crippen molar-refractivity contribution in [1.82, 2.24) is 25.6 Å². The van der Waals surface area contributed by atoms with Gasteiger partial charge in [0, 0.05) is 37.5 Å². The summed E-state index contributed by atoms with van der Waals surface area (Å²) in [5.74, 6) is 3.54. The molecule has 3 saturated heterocycles. The number of carbonyl (C=O) groups is 2. The predicted octanol–water partition coefficient (Wildman–Crippen LogP) is 1.61. The lowest BCUT2D eigenvalue weighted by atomic mass is 9.66. The van der Waals surface area contributed by atoms with Crippen LogP contribution in [0.5, 0.6) is 0 Å². The van der Waals surface area contributed by atoms with E-state index in [0.29, 0.717) is 54.9 Å². The molecular weight excluding hydrogens is 442 g/mol. The van der Waals surface area contributed by atoms with E-state index in [9.17, 15) is 14.7 Å². The van der Waals surface area contributed by atoms with E-state index in [4.69, 9.17) is 0 Å². The summed E-state index contributed by atoms with van der Waals surface area (Å²) in [6, 6.07) is 0.376. The summed E-state index contributed by atoms with van der Waals surface area (Å²) in [5.41, 5.74) is 6.65. The molecule has 2 amide bonds. The molecule has 0 radical (unpaired) electrons. The smallest absolute Gasteiger partial charge is 0.226 e. The highest BCUT2D eigenvalue weighted by Crippen LogP contribution is 2.54. The van der Waals surface area contributed by atoms with Crippen LogP contribution in [0.1, 0.15) is 64.7 Å². The number of amides is 2. The Bertz CT molecular complexity index is 815. The van der Waals surface area contributed by atoms with Crippen molar-refractivity contribution in [2.75, 3.05) is 33.4 Å². The van der Waals surface area contributed by atoms with Crippen LogP contribution in [-0.2, 0) is 9.59 Å². The highest BCUT2D eigenvalue weighted by molar-refractivity contribution is 5.85. The van der Waals surface area contributed by atoms with Crippen molar-refractivity contribution in [1.29, 1.82) is 0 Å². The van der Waals surface area contributed by atoms with Crippen LogP contribution in [0.3, 0.4) is 0 Å². The van der Waals surface area contributed by atoms with E-state index >= 15 is 0 Å². The Morgan fingerprint density at radius 2 is 1.89 bits per heavy atom. The first-order valence-corrected chi connectivity index (χ1v) is 14.3. The van der Waals surface area contributed by atoms with Crippen molar-refractivity contribution < 1.29 is 14.7 Å². The number of aliphatic hydroxyl groups excluding tert-OH is 1. The third kappa shape index (κ3) is 4.64. The molecular formula is C27H45N5O3. The first kappa shape index (κ1) is 24.1. The lowest BCUT2D eigenvalue weighted by molar-refractivity contribution is -0.149. The van der Waals surface area contributed by atoms with E-state index < -0.39 is 0 Å². The molecule has 7 unspecified atom stereocenters. The van der Waals surface area contributed by atoms with Crippen molar-refractivity contribution >= 4 is 11.8 Å². The predicted molar refractivity (Wildman–Crippen MR) is 132 cm³/mol. The monoisotopic (exact) mass is 487 g/mol. The van der Waals surface area contributed by atoms with Crippen LogP contribution < -0.4 is 10.9 Å². The molecule has 3 aliphatic carbocycles. The Hall–Kier alpha value is -1.22. The number of β-amino-alcohol motifs (C(OH)–C–C–N with tert-alkyl or cyclic N) is 1. The van der Waals surface area contributed by atoms with Crippen LogP contribution in [0.25, 0.3) is 0 Å². The second-order valence-electron chi connectivity index (χ2n) is 12.9. The summed E-state index contributed by atoms with van der Waals surface area (Å²) in [6.07, 6.45) is 10.2. The fourth-order valence-corrected chi connectivity index (χ4v) is 8.24. The zero-order valence-corrected chi connectivity index (χ0v) is 21.6. The number of rotatable bonds is 6. The Balaban J connectivity index is 1.11. The van der Waals surface area contributed by atoms with E-state index in [2.05, 4.69) is 34.6 Å². The topological polar surface area (TPSA) is 88.2 Å². The maximum absolute atomic E-state index is 13.8. The lowest BCUT2D eigenvalue weighted by Crippen LogP contribution is -2.56. The molecule has 3 aliphatic heterocycles. The van der Waals surface area contributed by atoms with E-state index in [0.717, 1.165) is 51.2 Å². The third-order valence-electron chi connectivity index (χ3n) is 10.6. The molecule has 8 heteroatoms. The highest BCUT2D eigenvalue weighted by Gasteiger charge is 2.55. The normalized spacial score (nSPS) is 41.7. The molecule has 6 fully saturated rings. The number of nitrogens with zero attached hydrogens (tertiary/aromatic N) is 3. The average molecular weight is 488 g/mol. The summed E-state index contributed by atoms with van der Waals surface area (Å²) >= 11 is 0. The Morgan fingerprint density at radius 1 is 1.09 bits per heavy atom. The number of nitrogens with one attached hydrogen (secondary N) is 2. The highest BCUT2D eigenvalue weighted by atomic mass is 16.3. The van der Waals surface area contributed by atoms with Gasteiger partial charge in [-0.05, 0) is 81.6 Å². The van der Waals surface area contributed by atoms with Gasteiger partial charge in [0.2, 0.25) is 11.8 Å². The molecule has 196 valence electrons. The molecule has 3 saturated carbocycles. The minimum atomic E-state index is -0.360. The Morgan fingerprint density at radius 3 is 2.57 bits per heavy atom. The van der Waals surface area contributed by atoms with Crippen LogP contribution in [0.2, 0.25) is 0 Å². The molecule has 0 aromatic rings. The molecule has 0 bridgehead atoms. The molecule has 0 aromatic heterocycles. The SMILES string of the molecule is C[C@H](CC1NNCN1C)C1CCCC(N2CC3C(CC(C(=O)N4CC(O)C4)CC3C3CC3)C2=O)C1. The van der Waals surface area contributed by atoms with Gasteiger partial charge in [0.05, 0.1) is 18.9 Å². The largest absolute Gasteiger partial charge is 0.389 e. The second kappa shape index (κ2) is 9.58. The molecule has 8 atom stereocenters. The van der Waals surface area contributed by atoms with Gasteiger partial charge in [-0.25, -0.2) is 10.9 Å². The Kier molecular flexibility index (Phi) is 6.61. The molecule has 3 N–H and O–H groups in total. The molecule has 8 nitrogen and oxygen atoms in total. The van der Waals surface area contributed by atoms with Crippen molar-refractivity contribution in [3.8, 4) is 0 Å². The quantitative estimate of drug-likeness (QED) is 0.528. The summed E-state index contributed by atoms with van der Waals surface area (Å²) < 4.78 is 0. The minimum absolute atomic E-state index is 0.0260. The van der Waals surface area contributed by atoms with Crippen LogP contribution in [0.4, 0.5) is 0 Å². The summed E-state index contributed by atoms with van der Waals surface area (Å²) in [6.45, 7) is 5.16. The first-order valence-electron chi connectivity index (χ1n) is 14.3. The summed E-state index contributed by atoms with van der Waals surface area (Å²) in [4.78, 5) is 33.4. The molecule has 3 heterocycles. The van der Waals surface area contributed by atoms with Gasteiger partial charge in [-0.3, -0.25) is 14.5 Å². The fourth-order valence-electron chi connectivity index (χ4n) is 8.24. The van der Waals surface area contributed by atoms with Gasteiger partial charge in [0.1, 0.15) is 0 Å². The number of aliphatic hydroxyl groups is 1. The van der Waals surface area contributed by atoms with Gasteiger partial charge in [0.25, 0.3) is 0 Å². The van der Waals surface area contributed by atoms with Gasteiger partial charge in [-0.2, -0.15) is 0 Å². The van der Waals surface area contributed by atoms with Gasteiger partial charge >= 0.3 is 0 Å². The zero-order valence-electron chi connectivity index (χ0n) is 21.6. The van der Waals surface area contributed by atoms with Gasteiger partial charge < -0.3 is 14.9 Å². The molecule has 0 spiro atoms. The van der Waals surface area contributed by atoms with Gasteiger partial charge in [-0.15, -0.1) is 0 Å². The molecule has 35 heavy (non-hydrogen) atoms. The fraction of sp³-hybridized carbons (Fsp3) is 0.926. The number of carbonyl (C=O) groups excluding carboxylic acids is 2. The van der Waals surface area contributed by atoms with Gasteiger partial charge in [-0.1, -0.05) is 19.8 Å². The third-order valence-corrected chi connectivity index (χ3v) is 10.6. The van der Waals surface area contributed by atoms with E-state index in [1.807, 2.05) is 4.90 Å². The molecule has 6 rings (SSSR count). The number of fused-ring (bicyclic) bond motifs is 1. The average Bonchev–Trinajstić information content (AvgIpc) is 3.53. The standard InChI is InChI=1S/C27H45N5O3/c1-16(8-25-29-28-15-30(25)2)18-4-3-5-20(9-18)32-14-24-22(17-6-7-17)10-19(11-23(24)27(32)35)26(34)31-12-21(33)13-31/h16-25,28-29,33H,3-15H2,1-2H3/t16-,18?,19?,20?,22?,23?,24?,25?/m1/s1. The minimum Gasteiger partial charge on any atom is -0.389 e. The lowest BCUT2D eigenvalue weighted by Gasteiger charge is -2.42. The number of hydrogen-bond donors (Lipinski definition) is 3. The van der Waals surface area contributed by atoms with Crippen LogP contribution in [0.15, 0.2) is 0 Å². The molecule has 0 aromatic carbocycles. The van der Waals surface area contributed by atoms with Gasteiger partial charge in [0.15, 0.2) is 0 Å². The number of hydrogen-bond acceptors (Lipinski definition) is 6. The number of likely N-dealkylation sites (tertiary alicyclic amines) is 2. The van der Waals surface area contributed by atoms with Crippen LogP contribution >= 0.6 is 0 Å². The van der Waals surface area contributed by atoms with E-state index in [1.54, 1.807) is 0 Å². The van der Waals surface area contributed by atoms with E-state index in [1.165, 1.54) is 25.7 Å². The number of hydrazine groups is 1. The van der Waals surface area contributed by atoms with Crippen molar-refractivity contribution in [3.63, 3.8) is 0 Å². The van der Waals surface area contributed by atoms with E-state index in [-0.39, 0.29) is 23.8 Å². The summed E-state index contributed by atoms with van der Waals surface area (Å²) in [5, 5.41) is 9.68. The van der Waals surface area contributed by atoms with Crippen LogP contribution in [-0.4, -0.2) is 83.3 Å². The summed E-state index contributed by atoms with van der Waals surface area (Å²) in [7, 11) is 2.16. The zero-order chi connectivity index (χ0) is 24.3. The first-order chi connectivity index (χ1) is 16.9. The molecule has 6 aliphatic rings. The Labute approximate surface area is 210 Å².